The number of nitrogens with zero attached hydrogens (tertiary/aromatic N) is 2. The molecule has 0 amide bonds. The zero-order valence-electron chi connectivity index (χ0n) is 14.0. The van der Waals surface area contributed by atoms with E-state index in [0.29, 0.717) is 33.2 Å². The van der Waals surface area contributed by atoms with Crippen molar-refractivity contribution >= 4 is 76.0 Å². The summed E-state index contributed by atoms with van der Waals surface area (Å²) in [5.74, 6) is 0. The Kier molecular flexibility index (Phi) is 8.78. The molecule has 0 spiro atoms. The van der Waals surface area contributed by atoms with Crippen LogP contribution in [0.2, 0.25) is 20.1 Å². The van der Waals surface area contributed by atoms with Crippen molar-refractivity contribution in [3.8, 4) is 0 Å². The molecule has 3 aromatic rings. The van der Waals surface area contributed by atoms with Gasteiger partial charge < -0.3 is 9.30 Å². The van der Waals surface area contributed by atoms with Crippen molar-refractivity contribution in [1.82, 2.24) is 9.55 Å². The van der Waals surface area contributed by atoms with Gasteiger partial charge in [0.05, 0.1) is 19.5 Å². The summed E-state index contributed by atoms with van der Waals surface area (Å²) in [5, 5.41) is 2.29. The van der Waals surface area contributed by atoms with Crippen LogP contribution in [0.3, 0.4) is 0 Å². The van der Waals surface area contributed by atoms with E-state index in [1.807, 2.05) is 22.9 Å². The van der Waals surface area contributed by atoms with Gasteiger partial charge in [0.15, 0.2) is 0 Å². The van der Waals surface area contributed by atoms with Crippen LogP contribution in [0.5, 0.6) is 0 Å². The average molecular weight is 439 g/mol. The molecule has 2 aromatic carbocycles. The standard InChI is InChI=1S/C18H14Cl4N2O.Na/c19-13-2-1-12(16(21)7-13)10-25-18(9-24-6-5-23-11-24)15-4-3-14(20)8-17(15)22;/h1-8,11,18H,9-10H2;. The normalized spacial score (nSPS) is 11.8. The SMILES string of the molecule is Clc1ccc(COC(Cn2ccnc2)c2ccc(Cl)cc2Cl)c(Cl)c1.[Na]. The van der Waals surface area contributed by atoms with Gasteiger partial charge in [-0.15, -0.1) is 0 Å². The Morgan fingerprint density at radius 2 is 1.65 bits per heavy atom. The summed E-state index contributed by atoms with van der Waals surface area (Å²) < 4.78 is 8.05. The predicted octanol–water partition coefficient (Wildman–Crippen LogP) is 6.07. The minimum absolute atomic E-state index is 0. The molecule has 0 saturated heterocycles. The fourth-order valence-corrected chi connectivity index (χ4v) is 3.41. The monoisotopic (exact) mass is 437 g/mol. The Morgan fingerprint density at radius 1 is 0.962 bits per heavy atom. The second-order valence-electron chi connectivity index (χ2n) is 5.46. The van der Waals surface area contributed by atoms with E-state index >= 15 is 0 Å². The van der Waals surface area contributed by atoms with Crippen LogP contribution in [0.1, 0.15) is 17.2 Å². The van der Waals surface area contributed by atoms with Gasteiger partial charge in [-0.25, -0.2) is 4.98 Å². The zero-order valence-corrected chi connectivity index (χ0v) is 19.0. The van der Waals surface area contributed by atoms with E-state index in [9.17, 15) is 0 Å². The van der Waals surface area contributed by atoms with E-state index in [-0.39, 0.29) is 35.7 Å². The van der Waals surface area contributed by atoms with E-state index in [0.717, 1.165) is 11.1 Å². The van der Waals surface area contributed by atoms with Crippen LogP contribution in [0.15, 0.2) is 55.1 Å². The summed E-state index contributed by atoms with van der Waals surface area (Å²) in [6.07, 6.45) is 5.03. The van der Waals surface area contributed by atoms with Gasteiger partial charge in [-0.3, -0.25) is 0 Å². The molecular formula is C18H14Cl4N2NaO. The third-order valence-electron chi connectivity index (χ3n) is 3.70. The minimum atomic E-state index is -0.286. The molecule has 0 saturated carbocycles. The third-order valence-corrected chi connectivity index (χ3v) is 4.85. The van der Waals surface area contributed by atoms with Crippen LogP contribution in [-0.2, 0) is 17.9 Å². The number of benzene rings is 2. The first kappa shape index (κ1) is 22.1. The van der Waals surface area contributed by atoms with Crippen molar-refractivity contribution < 1.29 is 4.74 Å². The molecule has 0 aliphatic carbocycles. The number of rotatable bonds is 6. The van der Waals surface area contributed by atoms with Gasteiger partial charge in [-0.2, -0.15) is 0 Å². The molecule has 26 heavy (non-hydrogen) atoms. The summed E-state index contributed by atoms with van der Waals surface area (Å²) in [6.45, 7) is 0.890. The first-order chi connectivity index (χ1) is 12.0. The Labute approximate surface area is 194 Å². The molecule has 131 valence electrons. The van der Waals surface area contributed by atoms with Crippen LogP contribution in [0.4, 0.5) is 0 Å². The smallest absolute Gasteiger partial charge is 0.102 e. The maximum absolute atomic E-state index is 6.37. The summed E-state index contributed by atoms with van der Waals surface area (Å²) in [7, 11) is 0. The molecule has 0 aliphatic heterocycles. The van der Waals surface area contributed by atoms with Gasteiger partial charge in [0, 0.05) is 67.6 Å². The predicted molar refractivity (Wildman–Crippen MR) is 108 cm³/mol. The molecule has 0 bridgehead atoms. The topological polar surface area (TPSA) is 27.1 Å². The largest absolute Gasteiger partial charge is 0.367 e. The summed E-state index contributed by atoms with van der Waals surface area (Å²) in [6, 6.07) is 10.7. The number of hydrogen-bond donors (Lipinski definition) is 0. The van der Waals surface area contributed by atoms with E-state index in [2.05, 4.69) is 4.98 Å². The van der Waals surface area contributed by atoms with Crippen LogP contribution in [0, 0.1) is 0 Å². The molecule has 3 rings (SSSR count). The van der Waals surface area contributed by atoms with Gasteiger partial charge in [0.1, 0.15) is 6.10 Å². The van der Waals surface area contributed by atoms with Gasteiger partial charge >= 0.3 is 0 Å². The third kappa shape index (κ3) is 5.88. The molecule has 1 atom stereocenters. The van der Waals surface area contributed by atoms with Gasteiger partial charge in [-0.05, 0) is 29.8 Å². The first-order valence-corrected chi connectivity index (χ1v) is 9.00. The van der Waals surface area contributed by atoms with E-state index in [1.54, 1.807) is 36.8 Å². The Balaban J connectivity index is 0.00000243. The fraction of sp³-hybridized carbons (Fsp3) is 0.167. The van der Waals surface area contributed by atoms with Crippen molar-refractivity contribution in [3.63, 3.8) is 0 Å². The average Bonchev–Trinajstić information content (AvgIpc) is 3.06. The van der Waals surface area contributed by atoms with Crippen molar-refractivity contribution in [1.29, 1.82) is 0 Å². The van der Waals surface area contributed by atoms with Crippen molar-refractivity contribution in [2.45, 2.75) is 19.3 Å². The molecule has 1 radical (unpaired) electrons. The maximum atomic E-state index is 6.37. The van der Waals surface area contributed by atoms with Crippen LogP contribution >= 0.6 is 46.4 Å². The number of aromatic nitrogens is 2. The quantitative estimate of drug-likeness (QED) is 0.436. The number of imidazole rings is 1. The minimum Gasteiger partial charge on any atom is -0.367 e. The second-order valence-corrected chi connectivity index (χ2v) is 7.15. The van der Waals surface area contributed by atoms with Crippen molar-refractivity contribution in [2.24, 2.45) is 0 Å². The number of hydrogen-bond acceptors (Lipinski definition) is 2. The molecule has 3 nitrogen and oxygen atoms in total. The first-order valence-electron chi connectivity index (χ1n) is 7.49. The zero-order chi connectivity index (χ0) is 17.8. The maximum Gasteiger partial charge on any atom is 0.102 e. The second kappa shape index (κ2) is 10.4. The van der Waals surface area contributed by atoms with Crippen molar-refractivity contribution in [3.05, 3.63) is 86.3 Å². The Hall–Kier alpha value is -0.230. The van der Waals surface area contributed by atoms with Crippen LogP contribution < -0.4 is 0 Å². The Morgan fingerprint density at radius 3 is 2.27 bits per heavy atom. The van der Waals surface area contributed by atoms with Gasteiger partial charge in [-0.1, -0.05) is 58.5 Å². The molecule has 1 unspecified atom stereocenters. The number of ether oxygens (including phenoxy) is 1. The molecular weight excluding hydrogens is 425 g/mol. The van der Waals surface area contributed by atoms with Crippen LogP contribution in [0.25, 0.3) is 0 Å². The van der Waals surface area contributed by atoms with Gasteiger partial charge in [0.2, 0.25) is 0 Å². The summed E-state index contributed by atoms with van der Waals surface area (Å²) >= 11 is 24.5. The van der Waals surface area contributed by atoms with E-state index < -0.39 is 0 Å². The molecule has 0 aliphatic rings. The fourth-order valence-electron chi connectivity index (χ4n) is 2.42. The van der Waals surface area contributed by atoms with E-state index in [4.69, 9.17) is 51.1 Å². The summed E-state index contributed by atoms with van der Waals surface area (Å²) in [4.78, 5) is 4.07. The molecule has 1 heterocycles. The molecule has 0 N–H and O–H groups in total. The summed E-state index contributed by atoms with van der Waals surface area (Å²) in [5.41, 5.74) is 1.71. The van der Waals surface area contributed by atoms with Crippen LogP contribution in [-0.4, -0.2) is 39.1 Å². The van der Waals surface area contributed by atoms with E-state index in [1.165, 1.54) is 0 Å². The van der Waals surface area contributed by atoms with Gasteiger partial charge in [0.25, 0.3) is 0 Å². The molecule has 0 fully saturated rings. The molecule has 8 heteroatoms. The molecule has 1 aromatic heterocycles. The Bertz CT molecular complexity index is 858. The number of halogens is 4. The van der Waals surface area contributed by atoms with Crippen molar-refractivity contribution in [2.75, 3.05) is 0 Å².